The maximum atomic E-state index is 13.7. The number of nitrogens with zero attached hydrogens (tertiary/aromatic N) is 1. The quantitative estimate of drug-likeness (QED) is 0.310. The molecule has 0 radical (unpaired) electrons. The third-order valence-electron chi connectivity index (χ3n) is 6.18. The lowest BCUT2D eigenvalue weighted by atomic mass is 9.93. The summed E-state index contributed by atoms with van der Waals surface area (Å²) < 4.78 is 33.9. The van der Waals surface area contributed by atoms with E-state index in [1.165, 1.54) is 18.2 Å². The first-order chi connectivity index (χ1) is 17.4. The number of methoxy groups -OCH3 is 1. The first kappa shape index (κ1) is 28.8. The van der Waals surface area contributed by atoms with Gasteiger partial charge in [0, 0.05) is 0 Å². The standard InChI is InChI=1S/C28H32Cl2N2O4S/c1-17(2)22-15-23(19(4)14-26(22)36-6)20(5)31-27(33)16-32(25-9-7-8-24(29)28(25)30)37(34,35)21-12-10-18(3)11-13-21/h7-15,17,20H,16H2,1-6H3,(H,31,33)/t20-/m0/s1. The van der Waals surface area contributed by atoms with Crippen LogP contribution >= 0.6 is 23.2 Å². The van der Waals surface area contributed by atoms with Crippen LogP contribution in [-0.4, -0.2) is 28.0 Å². The zero-order valence-corrected chi connectivity index (χ0v) is 24.1. The topological polar surface area (TPSA) is 75.7 Å². The molecule has 1 amide bonds. The van der Waals surface area contributed by atoms with E-state index >= 15 is 0 Å². The van der Waals surface area contributed by atoms with Crippen molar-refractivity contribution < 1.29 is 17.9 Å². The Morgan fingerprint density at radius 1 is 1.00 bits per heavy atom. The van der Waals surface area contributed by atoms with Gasteiger partial charge < -0.3 is 10.1 Å². The van der Waals surface area contributed by atoms with E-state index in [2.05, 4.69) is 19.2 Å². The van der Waals surface area contributed by atoms with Gasteiger partial charge in [-0.1, -0.05) is 60.8 Å². The molecule has 198 valence electrons. The van der Waals surface area contributed by atoms with Gasteiger partial charge in [-0.15, -0.1) is 0 Å². The highest BCUT2D eigenvalue weighted by Crippen LogP contribution is 2.36. The average molecular weight is 564 g/mol. The van der Waals surface area contributed by atoms with Crippen LogP contribution in [0.2, 0.25) is 10.0 Å². The van der Waals surface area contributed by atoms with Gasteiger partial charge in [0.15, 0.2) is 0 Å². The van der Waals surface area contributed by atoms with Crippen LogP contribution in [0, 0.1) is 13.8 Å². The maximum Gasteiger partial charge on any atom is 0.264 e. The molecule has 9 heteroatoms. The summed E-state index contributed by atoms with van der Waals surface area (Å²) in [5.41, 5.74) is 3.94. The minimum absolute atomic E-state index is 0.0440. The molecular weight excluding hydrogens is 531 g/mol. The molecule has 0 aliphatic rings. The minimum Gasteiger partial charge on any atom is -0.496 e. The Hall–Kier alpha value is -2.74. The number of rotatable bonds is 9. The van der Waals surface area contributed by atoms with E-state index in [4.69, 9.17) is 27.9 Å². The fraction of sp³-hybridized carbons (Fsp3) is 0.321. The molecular formula is C28H32Cl2N2O4S. The Balaban J connectivity index is 1.96. The lowest BCUT2D eigenvalue weighted by molar-refractivity contribution is -0.120. The van der Waals surface area contributed by atoms with Crippen molar-refractivity contribution in [1.29, 1.82) is 0 Å². The highest BCUT2D eigenvalue weighted by atomic mass is 35.5. The van der Waals surface area contributed by atoms with Crippen molar-refractivity contribution in [2.45, 2.75) is 51.5 Å². The van der Waals surface area contributed by atoms with E-state index in [1.54, 1.807) is 31.4 Å². The number of hydrogen-bond donors (Lipinski definition) is 1. The van der Waals surface area contributed by atoms with Crippen molar-refractivity contribution in [3.8, 4) is 5.75 Å². The Labute approximate surface area is 229 Å². The smallest absolute Gasteiger partial charge is 0.264 e. The third kappa shape index (κ3) is 6.40. The summed E-state index contributed by atoms with van der Waals surface area (Å²) in [4.78, 5) is 13.3. The van der Waals surface area contributed by atoms with Crippen LogP contribution in [0.4, 0.5) is 5.69 Å². The predicted octanol–water partition coefficient (Wildman–Crippen LogP) is 6.81. The Morgan fingerprint density at radius 3 is 2.24 bits per heavy atom. The number of ether oxygens (including phenoxy) is 1. The van der Waals surface area contributed by atoms with Crippen molar-refractivity contribution in [2.75, 3.05) is 18.0 Å². The molecule has 0 fully saturated rings. The largest absolute Gasteiger partial charge is 0.496 e. The number of nitrogens with one attached hydrogen (secondary N) is 1. The zero-order chi connectivity index (χ0) is 27.5. The van der Waals surface area contributed by atoms with Crippen LogP contribution in [0.25, 0.3) is 0 Å². The lowest BCUT2D eigenvalue weighted by Crippen LogP contribution is -2.41. The second-order valence-corrected chi connectivity index (χ2v) is 11.9. The lowest BCUT2D eigenvalue weighted by Gasteiger charge is -2.27. The van der Waals surface area contributed by atoms with Crippen LogP contribution in [0.3, 0.4) is 0 Å². The van der Waals surface area contributed by atoms with Gasteiger partial charge in [-0.3, -0.25) is 9.10 Å². The van der Waals surface area contributed by atoms with Gasteiger partial charge in [-0.25, -0.2) is 8.42 Å². The van der Waals surface area contributed by atoms with E-state index in [-0.39, 0.29) is 32.6 Å². The molecule has 6 nitrogen and oxygen atoms in total. The molecule has 3 aromatic rings. The van der Waals surface area contributed by atoms with Crippen LogP contribution in [0.5, 0.6) is 5.75 Å². The molecule has 0 aliphatic carbocycles. The summed E-state index contributed by atoms with van der Waals surface area (Å²) in [5.74, 6) is 0.526. The van der Waals surface area contributed by atoms with E-state index in [0.29, 0.717) is 0 Å². The van der Waals surface area contributed by atoms with Crippen molar-refractivity contribution in [2.24, 2.45) is 0 Å². The fourth-order valence-corrected chi connectivity index (χ4v) is 6.01. The minimum atomic E-state index is -4.13. The summed E-state index contributed by atoms with van der Waals surface area (Å²) in [5, 5.41) is 3.18. The van der Waals surface area contributed by atoms with Crippen molar-refractivity contribution in [1.82, 2.24) is 5.32 Å². The first-order valence-corrected chi connectivity index (χ1v) is 14.1. The molecule has 0 saturated carbocycles. The van der Waals surface area contributed by atoms with Crippen molar-refractivity contribution in [3.63, 3.8) is 0 Å². The molecule has 1 N–H and O–H groups in total. The van der Waals surface area contributed by atoms with Gasteiger partial charge in [0.25, 0.3) is 10.0 Å². The average Bonchev–Trinajstić information content (AvgIpc) is 2.84. The summed E-state index contributed by atoms with van der Waals surface area (Å²) in [6, 6.07) is 14.7. The van der Waals surface area contributed by atoms with Crippen LogP contribution in [0.1, 0.15) is 55.0 Å². The number of sulfonamides is 1. The summed E-state index contributed by atoms with van der Waals surface area (Å²) in [6.07, 6.45) is 0. The van der Waals surface area contributed by atoms with Gasteiger partial charge in [-0.05, 0) is 79.8 Å². The molecule has 0 aliphatic heterocycles. The van der Waals surface area contributed by atoms with Gasteiger partial charge in [-0.2, -0.15) is 0 Å². The number of anilines is 1. The van der Waals surface area contributed by atoms with E-state index in [9.17, 15) is 13.2 Å². The summed E-state index contributed by atoms with van der Waals surface area (Å²) >= 11 is 12.6. The predicted molar refractivity (Wildman–Crippen MR) is 151 cm³/mol. The molecule has 0 bridgehead atoms. The molecule has 0 aromatic heterocycles. The number of hydrogen-bond acceptors (Lipinski definition) is 4. The monoisotopic (exact) mass is 562 g/mol. The molecule has 1 atom stereocenters. The molecule has 37 heavy (non-hydrogen) atoms. The van der Waals surface area contributed by atoms with E-state index in [0.717, 1.165) is 32.3 Å². The van der Waals surface area contributed by atoms with Crippen molar-refractivity contribution >= 4 is 44.8 Å². The number of benzene rings is 3. The van der Waals surface area contributed by atoms with Crippen LogP contribution in [-0.2, 0) is 14.8 Å². The van der Waals surface area contributed by atoms with Crippen LogP contribution in [0.15, 0.2) is 59.5 Å². The Morgan fingerprint density at radius 2 is 1.65 bits per heavy atom. The van der Waals surface area contributed by atoms with Gasteiger partial charge in [0.1, 0.15) is 12.3 Å². The van der Waals surface area contributed by atoms with Gasteiger partial charge in [0.05, 0.1) is 33.8 Å². The third-order valence-corrected chi connectivity index (χ3v) is 8.76. The molecule has 0 spiro atoms. The molecule has 3 aromatic carbocycles. The number of halogens is 2. The molecule has 0 heterocycles. The normalized spacial score (nSPS) is 12.4. The summed E-state index contributed by atoms with van der Waals surface area (Å²) in [6.45, 7) is 9.34. The fourth-order valence-electron chi connectivity index (χ4n) is 4.13. The van der Waals surface area contributed by atoms with E-state index < -0.39 is 22.5 Å². The zero-order valence-electron chi connectivity index (χ0n) is 21.8. The number of aryl methyl sites for hydroxylation is 2. The highest BCUT2D eigenvalue weighted by Gasteiger charge is 2.30. The number of amides is 1. The second-order valence-electron chi connectivity index (χ2n) is 9.29. The number of carbonyl (C=O) groups is 1. The second kappa shape index (κ2) is 11.8. The number of carbonyl (C=O) groups excluding carboxylic acids is 1. The summed E-state index contributed by atoms with van der Waals surface area (Å²) in [7, 11) is -2.49. The van der Waals surface area contributed by atoms with Gasteiger partial charge >= 0.3 is 0 Å². The molecule has 3 rings (SSSR count). The maximum absolute atomic E-state index is 13.7. The Kier molecular flexibility index (Phi) is 9.16. The van der Waals surface area contributed by atoms with Gasteiger partial charge in [0.2, 0.25) is 5.91 Å². The van der Waals surface area contributed by atoms with E-state index in [1.807, 2.05) is 32.9 Å². The first-order valence-electron chi connectivity index (χ1n) is 11.9. The molecule has 0 unspecified atom stereocenters. The van der Waals surface area contributed by atoms with Crippen molar-refractivity contribution in [3.05, 3.63) is 86.9 Å². The Bertz CT molecular complexity index is 1390. The van der Waals surface area contributed by atoms with Crippen LogP contribution < -0.4 is 14.4 Å². The SMILES string of the molecule is COc1cc(C)c([C@H](C)NC(=O)CN(c2cccc(Cl)c2Cl)S(=O)(=O)c2ccc(C)cc2)cc1C(C)C. The molecule has 0 saturated heterocycles. The highest BCUT2D eigenvalue weighted by molar-refractivity contribution is 7.92.